The van der Waals surface area contributed by atoms with E-state index in [1.807, 2.05) is 11.9 Å². The van der Waals surface area contributed by atoms with Crippen LogP contribution >= 0.6 is 0 Å². The third kappa shape index (κ3) is 5.26. The molecule has 1 aromatic rings. The summed E-state index contributed by atoms with van der Waals surface area (Å²) in [6.45, 7) is 1.30. The number of nitrogens with zero attached hydrogens (tertiary/aromatic N) is 1. The third-order valence-electron chi connectivity index (χ3n) is 2.83. The van der Waals surface area contributed by atoms with E-state index in [1.54, 1.807) is 13.2 Å². The molecule has 1 aromatic carbocycles. The first-order chi connectivity index (χ1) is 9.06. The van der Waals surface area contributed by atoms with Crippen LogP contribution in [0, 0.1) is 5.82 Å². The summed E-state index contributed by atoms with van der Waals surface area (Å²) in [5.41, 5.74) is 0.795. The van der Waals surface area contributed by atoms with Gasteiger partial charge in [0.1, 0.15) is 11.6 Å². The Morgan fingerprint density at radius 3 is 2.74 bits per heavy atom. The minimum atomic E-state index is -0.279. The Balaban J connectivity index is 2.49. The van der Waals surface area contributed by atoms with Crippen molar-refractivity contribution >= 4 is 5.97 Å². The molecule has 4 nitrogen and oxygen atoms in total. The van der Waals surface area contributed by atoms with Crippen LogP contribution in [0.25, 0.3) is 0 Å². The van der Waals surface area contributed by atoms with E-state index in [-0.39, 0.29) is 11.8 Å². The summed E-state index contributed by atoms with van der Waals surface area (Å²) >= 11 is 0. The summed E-state index contributed by atoms with van der Waals surface area (Å²) in [5.74, 6) is 0.178. The van der Waals surface area contributed by atoms with Gasteiger partial charge in [0.25, 0.3) is 0 Å². The van der Waals surface area contributed by atoms with Crippen LogP contribution < -0.4 is 4.74 Å². The predicted molar refractivity (Wildman–Crippen MR) is 70.5 cm³/mol. The molecule has 0 spiro atoms. The molecular formula is C14H20FNO3. The zero-order chi connectivity index (χ0) is 14.3. The largest absolute Gasteiger partial charge is 0.496 e. The van der Waals surface area contributed by atoms with Crippen molar-refractivity contribution in [1.82, 2.24) is 4.90 Å². The summed E-state index contributed by atoms with van der Waals surface area (Å²) in [6.07, 6.45) is 1.10. The highest BCUT2D eigenvalue weighted by molar-refractivity contribution is 5.69. The van der Waals surface area contributed by atoms with Gasteiger partial charge >= 0.3 is 5.97 Å². The van der Waals surface area contributed by atoms with Gasteiger partial charge in [-0.3, -0.25) is 4.79 Å². The van der Waals surface area contributed by atoms with Crippen molar-refractivity contribution in [2.24, 2.45) is 0 Å². The maximum atomic E-state index is 13.2. The minimum absolute atomic E-state index is 0.211. The quantitative estimate of drug-likeness (QED) is 0.711. The van der Waals surface area contributed by atoms with Gasteiger partial charge in [-0.05, 0) is 38.2 Å². The molecule has 0 heterocycles. The number of methoxy groups -OCH3 is 2. The molecule has 0 fully saturated rings. The average molecular weight is 269 g/mol. The first-order valence-corrected chi connectivity index (χ1v) is 6.14. The highest BCUT2D eigenvalue weighted by Crippen LogP contribution is 2.20. The van der Waals surface area contributed by atoms with Gasteiger partial charge in [-0.25, -0.2) is 4.39 Å². The highest BCUT2D eigenvalue weighted by Gasteiger charge is 2.08. The van der Waals surface area contributed by atoms with Crippen molar-refractivity contribution in [3.8, 4) is 5.75 Å². The number of esters is 1. The molecule has 0 aliphatic rings. The second kappa shape index (κ2) is 7.74. The van der Waals surface area contributed by atoms with E-state index in [1.165, 1.54) is 19.2 Å². The lowest BCUT2D eigenvalue weighted by molar-refractivity contribution is -0.140. The van der Waals surface area contributed by atoms with E-state index in [4.69, 9.17) is 4.74 Å². The number of carbonyl (C=O) groups is 1. The molecule has 19 heavy (non-hydrogen) atoms. The fraction of sp³-hybridized carbons (Fsp3) is 0.500. The Morgan fingerprint density at radius 2 is 2.11 bits per heavy atom. The molecule has 0 aromatic heterocycles. The molecule has 0 N–H and O–H groups in total. The van der Waals surface area contributed by atoms with E-state index >= 15 is 0 Å². The van der Waals surface area contributed by atoms with Crippen LogP contribution in [0.4, 0.5) is 4.39 Å². The van der Waals surface area contributed by atoms with Crippen molar-refractivity contribution in [3.05, 3.63) is 29.6 Å². The predicted octanol–water partition coefficient (Wildman–Crippen LogP) is 2.22. The van der Waals surface area contributed by atoms with Gasteiger partial charge in [-0.15, -0.1) is 0 Å². The van der Waals surface area contributed by atoms with E-state index < -0.39 is 0 Å². The minimum Gasteiger partial charge on any atom is -0.496 e. The molecule has 0 saturated heterocycles. The molecule has 5 heteroatoms. The van der Waals surface area contributed by atoms with E-state index in [2.05, 4.69) is 4.74 Å². The lowest BCUT2D eigenvalue weighted by Gasteiger charge is -2.18. The Hall–Kier alpha value is -1.62. The second-order valence-corrected chi connectivity index (χ2v) is 4.37. The van der Waals surface area contributed by atoms with E-state index in [0.717, 1.165) is 12.1 Å². The summed E-state index contributed by atoms with van der Waals surface area (Å²) in [6, 6.07) is 4.46. The van der Waals surface area contributed by atoms with Gasteiger partial charge in [-0.1, -0.05) is 0 Å². The standard InChI is InChI=1S/C14H20FNO3/c1-16(8-4-5-14(17)19-3)10-11-9-12(15)6-7-13(11)18-2/h6-7,9H,4-5,8,10H2,1-3H3. The van der Waals surface area contributed by atoms with Crippen LogP contribution in [0.3, 0.4) is 0 Å². The van der Waals surface area contributed by atoms with Crippen molar-refractivity contribution in [1.29, 1.82) is 0 Å². The maximum Gasteiger partial charge on any atom is 0.305 e. The Bertz CT molecular complexity index is 423. The molecule has 1 rings (SSSR count). The van der Waals surface area contributed by atoms with Gasteiger partial charge in [0.2, 0.25) is 0 Å². The summed E-state index contributed by atoms with van der Waals surface area (Å²) in [4.78, 5) is 13.0. The summed E-state index contributed by atoms with van der Waals surface area (Å²) < 4.78 is 23.0. The molecule has 0 amide bonds. The van der Waals surface area contributed by atoms with Gasteiger partial charge in [0.05, 0.1) is 14.2 Å². The monoisotopic (exact) mass is 269 g/mol. The highest BCUT2D eigenvalue weighted by atomic mass is 19.1. The number of hydrogen-bond donors (Lipinski definition) is 0. The van der Waals surface area contributed by atoms with E-state index in [0.29, 0.717) is 25.1 Å². The molecular weight excluding hydrogens is 249 g/mol. The van der Waals surface area contributed by atoms with Crippen molar-refractivity contribution in [2.45, 2.75) is 19.4 Å². The van der Waals surface area contributed by atoms with Gasteiger partial charge in [0.15, 0.2) is 0 Å². The zero-order valence-corrected chi connectivity index (χ0v) is 11.6. The first kappa shape index (κ1) is 15.4. The molecule has 0 bridgehead atoms. The van der Waals surface area contributed by atoms with Crippen molar-refractivity contribution in [2.75, 3.05) is 27.8 Å². The van der Waals surface area contributed by atoms with Crippen LogP contribution in [0.5, 0.6) is 5.75 Å². The molecule has 106 valence electrons. The summed E-state index contributed by atoms with van der Waals surface area (Å²) in [5, 5.41) is 0. The lowest BCUT2D eigenvalue weighted by atomic mass is 10.1. The summed E-state index contributed by atoms with van der Waals surface area (Å²) in [7, 11) is 4.86. The Morgan fingerprint density at radius 1 is 1.37 bits per heavy atom. The van der Waals surface area contributed by atoms with E-state index in [9.17, 15) is 9.18 Å². The van der Waals surface area contributed by atoms with Crippen molar-refractivity contribution in [3.63, 3.8) is 0 Å². The Labute approximate surface area is 113 Å². The smallest absolute Gasteiger partial charge is 0.305 e. The maximum absolute atomic E-state index is 13.2. The third-order valence-corrected chi connectivity index (χ3v) is 2.83. The number of ether oxygens (including phenoxy) is 2. The zero-order valence-electron chi connectivity index (χ0n) is 11.6. The first-order valence-electron chi connectivity index (χ1n) is 6.14. The molecule has 0 saturated carbocycles. The second-order valence-electron chi connectivity index (χ2n) is 4.37. The lowest BCUT2D eigenvalue weighted by Crippen LogP contribution is -2.20. The molecule has 0 aliphatic heterocycles. The van der Waals surface area contributed by atoms with Gasteiger partial charge in [-0.2, -0.15) is 0 Å². The van der Waals surface area contributed by atoms with Crippen LogP contribution in [-0.4, -0.2) is 38.7 Å². The average Bonchev–Trinajstić information content (AvgIpc) is 2.38. The van der Waals surface area contributed by atoms with Gasteiger partial charge < -0.3 is 14.4 Å². The van der Waals surface area contributed by atoms with Crippen LogP contribution in [-0.2, 0) is 16.1 Å². The van der Waals surface area contributed by atoms with Gasteiger partial charge in [0, 0.05) is 18.5 Å². The Kier molecular flexibility index (Phi) is 6.29. The number of carbonyl (C=O) groups excluding carboxylic acids is 1. The number of hydrogen-bond acceptors (Lipinski definition) is 4. The molecule has 0 radical (unpaired) electrons. The number of benzene rings is 1. The molecule has 0 unspecified atom stereocenters. The normalized spacial score (nSPS) is 10.6. The fourth-order valence-electron chi connectivity index (χ4n) is 1.84. The fourth-order valence-corrected chi connectivity index (χ4v) is 1.84. The van der Waals surface area contributed by atoms with Crippen LogP contribution in [0.2, 0.25) is 0 Å². The van der Waals surface area contributed by atoms with Crippen LogP contribution in [0.15, 0.2) is 18.2 Å². The molecule has 0 atom stereocenters. The van der Waals surface area contributed by atoms with Crippen LogP contribution in [0.1, 0.15) is 18.4 Å². The SMILES string of the molecule is COC(=O)CCCN(C)Cc1cc(F)ccc1OC. The van der Waals surface area contributed by atoms with Crippen molar-refractivity contribution < 1.29 is 18.7 Å². The number of rotatable bonds is 7. The number of halogens is 1. The topological polar surface area (TPSA) is 38.8 Å². The molecule has 0 aliphatic carbocycles.